The first-order valence-electron chi connectivity index (χ1n) is 17.5. The van der Waals surface area contributed by atoms with E-state index in [0.29, 0.717) is 25.8 Å². The van der Waals surface area contributed by atoms with Gasteiger partial charge in [0, 0.05) is 13.1 Å². The molecule has 0 aromatic heterocycles. The fraction of sp³-hybridized carbons (Fsp3) is 0.750. The predicted octanol–water partition coefficient (Wildman–Crippen LogP) is 3.84. The van der Waals surface area contributed by atoms with Gasteiger partial charge in [-0.15, -0.1) is 6.58 Å². The predicted molar refractivity (Wildman–Crippen MR) is 188 cm³/mol. The number of hydrogen-bond donors (Lipinski definition) is 5. The second kappa shape index (κ2) is 21.0. The SMILES string of the molecule is C=CCNC(=O)C(=O)C(CCCCCCC)NC(=O)[C@@H]1[C@@H](C(C)C)CCN1C(O)[C@@H](NC(=O)N[C@H](C(=O)OCC=C)C(C)C)C(C)(C)C. The molecule has 5 N–H and O–H groups in total. The van der Waals surface area contributed by atoms with Crippen LogP contribution in [-0.4, -0.2) is 89.7 Å². The van der Waals surface area contributed by atoms with Gasteiger partial charge in [-0.1, -0.05) is 106 Å². The van der Waals surface area contributed by atoms with Crippen LogP contribution in [0.1, 0.15) is 100 Å². The summed E-state index contributed by atoms with van der Waals surface area (Å²) in [6.07, 6.45) is 7.21. The first-order chi connectivity index (χ1) is 22.5. The minimum absolute atomic E-state index is 0.00885. The normalized spacial score (nSPS) is 19.1. The lowest BCUT2D eigenvalue weighted by molar-refractivity contribution is -0.146. The number of nitrogens with zero attached hydrogens (tertiary/aromatic N) is 1. The van der Waals surface area contributed by atoms with E-state index in [1.165, 1.54) is 12.2 Å². The van der Waals surface area contributed by atoms with E-state index in [0.717, 1.165) is 25.7 Å². The number of carbonyl (C=O) groups is 5. The summed E-state index contributed by atoms with van der Waals surface area (Å²) < 4.78 is 5.16. The Morgan fingerprint density at radius 2 is 1.60 bits per heavy atom. The molecule has 274 valence electrons. The largest absolute Gasteiger partial charge is 0.460 e. The van der Waals surface area contributed by atoms with E-state index in [1.54, 1.807) is 18.7 Å². The Morgan fingerprint density at radius 1 is 0.958 bits per heavy atom. The minimum Gasteiger partial charge on any atom is -0.460 e. The number of aliphatic hydroxyl groups excluding tert-OH is 1. The number of aliphatic hydroxyl groups is 1. The summed E-state index contributed by atoms with van der Waals surface area (Å²) in [5, 5.41) is 22.8. The highest BCUT2D eigenvalue weighted by Gasteiger charge is 2.48. The van der Waals surface area contributed by atoms with Gasteiger partial charge < -0.3 is 31.1 Å². The number of likely N-dealkylation sites (tertiary alicyclic amines) is 1. The Kier molecular flexibility index (Phi) is 18.7. The van der Waals surface area contributed by atoms with Crippen molar-refractivity contribution in [2.24, 2.45) is 23.2 Å². The summed E-state index contributed by atoms with van der Waals surface area (Å²) in [5.41, 5.74) is -0.676. The molecule has 2 unspecified atom stereocenters. The maximum absolute atomic E-state index is 14.1. The Morgan fingerprint density at radius 3 is 2.15 bits per heavy atom. The zero-order valence-corrected chi connectivity index (χ0v) is 30.6. The van der Waals surface area contributed by atoms with Crippen LogP contribution in [0.5, 0.6) is 0 Å². The monoisotopic (exact) mass is 677 g/mol. The molecule has 4 amide bonds. The number of ether oxygens (including phenoxy) is 1. The number of nitrogens with one attached hydrogen (secondary N) is 4. The molecule has 1 aliphatic rings. The van der Waals surface area contributed by atoms with Gasteiger partial charge in [0.2, 0.25) is 11.7 Å². The molecule has 12 heteroatoms. The van der Waals surface area contributed by atoms with Gasteiger partial charge in [-0.3, -0.25) is 19.3 Å². The summed E-state index contributed by atoms with van der Waals surface area (Å²) in [5.74, 6) is -2.92. The van der Waals surface area contributed by atoms with E-state index in [4.69, 9.17) is 4.74 Å². The number of rotatable bonds is 21. The lowest BCUT2D eigenvalue weighted by Crippen LogP contribution is -2.63. The standard InChI is InChI=1S/C36H63N5O7/c1-11-14-15-16-17-18-26(29(42)32(44)37-20-12-2)38-31(43)28-25(23(4)5)19-21-41(28)33(45)30(36(8,9)10)40-35(47)39-27(24(6)7)34(46)48-22-13-3/h12-13,23-28,30,33,45H,2-3,11,14-22H2,1,4-10H3,(H,37,44)(H,38,43)(H2,39,40,47)/t25-,26?,27+,28+,30-,33?/m1/s1. The minimum atomic E-state index is -1.29. The van der Waals surface area contributed by atoms with E-state index in [-0.39, 0.29) is 30.9 Å². The van der Waals surface area contributed by atoms with Gasteiger partial charge in [-0.25, -0.2) is 9.59 Å². The van der Waals surface area contributed by atoms with E-state index in [1.807, 2.05) is 34.6 Å². The molecule has 0 spiro atoms. The van der Waals surface area contributed by atoms with Crippen LogP contribution in [-0.2, 0) is 23.9 Å². The third-order valence-corrected chi connectivity index (χ3v) is 8.88. The van der Waals surface area contributed by atoms with Crippen LogP contribution in [0.2, 0.25) is 0 Å². The van der Waals surface area contributed by atoms with Crippen LogP contribution in [0.3, 0.4) is 0 Å². The maximum atomic E-state index is 14.1. The summed E-state index contributed by atoms with van der Waals surface area (Å²) in [6, 6.07) is -4.30. The molecule has 1 aliphatic heterocycles. The molecule has 0 aromatic rings. The molecule has 0 saturated carbocycles. The van der Waals surface area contributed by atoms with Crippen molar-refractivity contribution >= 4 is 29.6 Å². The number of urea groups is 1. The van der Waals surface area contributed by atoms with Gasteiger partial charge in [-0.2, -0.15) is 0 Å². The Balaban J connectivity index is 3.31. The summed E-state index contributed by atoms with van der Waals surface area (Å²) in [7, 11) is 0. The fourth-order valence-electron chi connectivity index (χ4n) is 6.05. The van der Waals surface area contributed by atoms with Crippen molar-refractivity contribution in [3.63, 3.8) is 0 Å². The van der Waals surface area contributed by atoms with E-state index in [9.17, 15) is 29.1 Å². The average Bonchev–Trinajstić information content (AvgIpc) is 3.47. The van der Waals surface area contributed by atoms with Crippen LogP contribution in [0.15, 0.2) is 25.3 Å². The van der Waals surface area contributed by atoms with E-state index < -0.39 is 65.4 Å². The van der Waals surface area contributed by atoms with Gasteiger partial charge in [0.05, 0.1) is 18.1 Å². The summed E-state index contributed by atoms with van der Waals surface area (Å²) in [6.45, 7) is 22.9. The molecule has 0 aromatic carbocycles. The summed E-state index contributed by atoms with van der Waals surface area (Å²) in [4.78, 5) is 67.6. The van der Waals surface area contributed by atoms with Crippen molar-refractivity contribution in [3.8, 4) is 0 Å². The molecule has 0 aliphatic carbocycles. The smallest absolute Gasteiger partial charge is 0.329 e. The second-order valence-electron chi connectivity index (χ2n) is 14.5. The third-order valence-electron chi connectivity index (χ3n) is 8.88. The average molecular weight is 678 g/mol. The Hall–Kier alpha value is -3.25. The first-order valence-corrected chi connectivity index (χ1v) is 17.5. The van der Waals surface area contributed by atoms with Crippen LogP contribution in [0.25, 0.3) is 0 Å². The zero-order chi connectivity index (χ0) is 36.6. The number of Topliss-reactive ketones (excluding diaryl/α,β-unsaturated/α-hetero) is 1. The molecule has 48 heavy (non-hydrogen) atoms. The molecule has 1 rings (SSSR count). The summed E-state index contributed by atoms with van der Waals surface area (Å²) >= 11 is 0. The van der Waals surface area contributed by atoms with Gasteiger partial charge in [0.15, 0.2) is 0 Å². The van der Waals surface area contributed by atoms with Crippen molar-refractivity contribution in [1.82, 2.24) is 26.2 Å². The maximum Gasteiger partial charge on any atom is 0.329 e. The van der Waals surface area contributed by atoms with Gasteiger partial charge in [0.25, 0.3) is 5.91 Å². The zero-order valence-electron chi connectivity index (χ0n) is 30.6. The number of esters is 1. The van der Waals surface area contributed by atoms with Crippen molar-refractivity contribution in [2.45, 2.75) is 131 Å². The number of amides is 4. The third kappa shape index (κ3) is 13.3. The van der Waals surface area contributed by atoms with E-state index in [2.05, 4.69) is 41.3 Å². The fourth-order valence-corrected chi connectivity index (χ4v) is 6.05. The number of hydrogen-bond acceptors (Lipinski definition) is 8. The topological polar surface area (TPSA) is 166 Å². The molecule has 0 radical (unpaired) electrons. The number of ketones is 1. The quantitative estimate of drug-likeness (QED) is 0.0529. The molecule has 6 atom stereocenters. The van der Waals surface area contributed by atoms with Crippen LogP contribution >= 0.6 is 0 Å². The molecule has 1 fully saturated rings. The van der Waals surface area contributed by atoms with Gasteiger partial charge in [0.1, 0.15) is 18.9 Å². The van der Waals surface area contributed by atoms with Crippen molar-refractivity contribution in [3.05, 3.63) is 25.3 Å². The number of unbranched alkanes of at least 4 members (excludes halogenated alkanes) is 4. The lowest BCUT2D eigenvalue weighted by atomic mass is 9.84. The van der Waals surface area contributed by atoms with Crippen molar-refractivity contribution in [1.29, 1.82) is 0 Å². The molecule has 0 bridgehead atoms. The molecule has 12 nitrogen and oxygen atoms in total. The molecular weight excluding hydrogens is 614 g/mol. The van der Waals surface area contributed by atoms with Crippen molar-refractivity contribution < 1.29 is 33.8 Å². The van der Waals surface area contributed by atoms with Crippen LogP contribution in [0.4, 0.5) is 4.79 Å². The van der Waals surface area contributed by atoms with Crippen LogP contribution < -0.4 is 21.3 Å². The highest BCUT2D eigenvalue weighted by atomic mass is 16.5. The first kappa shape index (κ1) is 42.8. The number of carbonyl (C=O) groups excluding carboxylic acids is 5. The highest BCUT2D eigenvalue weighted by molar-refractivity contribution is 6.38. The Labute approximate surface area is 288 Å². The lowest BCUT2D eigenvalue weighted by Gasteiger charge is -2.42. The Bertz CT molecular complexity index is 1090. The molecule has 1 heterocycles. The molecular formula is C36H63N5O7. The van der Waals surface area contributed by atoms with Gasteiger partial charge in [-0.05, 0) is 36.0 Å². The van der Waals surface area contributed by atoms with Gasteiger partial charge >= 0.3 is 12.0 Å². The second-order valence-corrected chi connectivity index (χ2v) is 14.5. The van der Waals surface area contributed by atoms with Crippen LogP contribution in [0, 0.1) is 23.2 Å². The van der Waals surface area contributed by atoms with Crippen molar-refractivity contribution in [2.75, 3.05) is 19.7 Å². The highest BCUT2D eigenvalue weighted by Crippen LogP contribution is 2.35. The van der Waals surface area contributed by atoms with E-state index >= 15 is 0 Å². The molecule has 1 saturated heterocycles.